The fourth-order valence-corrected chi connectivity index (χ4v) is 2.69. The SMILES string of the molecule is CC(=N)C1(Nc2cccc(C(C)=O)c2)CCN(C)CC1. The first-order chi connectivity index (χ1) is 9.43. The molecule has 1 aromatic rings. The van der Waals surface area contributed by atoms with E-state index in [4.69, 9.17) is 5.41 Å². The summed E-state index contributed by atoms with van der Waals surface area (Å²) in [6, 6.07) is 7.56. The molecule has 4 nitrogen and oxygen atoms in total. The molecule has 2 N–H and O–H groups in total. The van der Waals surface area contributed by atoms with E-state index in [1.807, 2.05) is 31.2 Å². The van der Waals surface area contributed by atoms with Crippen molar-refractivity contribution < 1.29 is 4.79 Å². The lowest BCUT2D eigenvalue weighted by Crippen LogP contribution is -2.52. The van der Waals surface area contributed by atoms with Crippen LogP contribution in [0.2, 0.25) is 0 Å². The lowest BCUT2D eigenvalue weighted by atomic mass is 9.83. The number of rotatable bonds is 4. The highest BCUT2D eigenvalue weighted by Crippen LogP contribution is 2.28. The van der Waals surface area contributed by atoms with Crippen molar-refractivity contribution >= 4 is 17.2 Å². The number of hydrogen-bond acceptors (Lipinski definition) is 4. The van der Waals surface area contributed by atoms with E-state index in [9.17, 15) is 4.79 Å². The number of nitrogens with one attached hydrogen (secondary N) is 2. The van der Waals surface area contributed by atoms with Crippen LogP contribution in [0.15, 0.2) is 24.3 Å². The summed E-state index contributed by atoms with van der Waals surface area (Å²) in [6.07, 6.45) is 1.84. The number of likely N-dealkylation sites (tertiary alicyclic amines) is 1. The first-order valence-corrected chi connectivity index (χ1v) is 7.06. The molecule has 108 valence electrons. The zero-order valence-electron chi connectivity index (χ0n) is 12.5. The molecule has 1 saturated heterocycles. The number of carbonyl (C=O) groups is 1. The number of piperidine rings is 1. The van der Waals surface area contributed by atoms with Crippen molar-refractivity contribution in [2.45, 2.75) is 32.2 Å². The van der Waals surface area contributed by atoms with Crippen molar-refractivity contribution in [2.24, 2.45) is 0 Å². The number of hydrogen-bond donors (Lipinski definition) is 2. The molecule has 0 spiro atoms. The predicted octanol–water partition coefficient (Wildman–Crippen LogP) is 2.81. The minimum atomic E-state index is -0.276. The number of carbonyl (C=O) groups excluding carboxylic acids is 1. The summed E-state index contributed by atoms with van der Waals surface area (Å²) >= 11 is 0. The highest BCUT2D eigenvalue weighted by atomic mass is 16.1. The highest BCUT2D eigenvalue weighted by molar-refractivity contribution is 5.96. The van der Waals surface area contributed by atoms with E-state index in [0.29, 0.717) is 11.3 Å². The second-order valence-corrected chi connectivity index (χ2v) is 5.77. The van der Waals surface area contributed by atoms with E-state index < -0.39 is 0 Å². The topological polar surface area (TPSA) is 56.2 Å². The van der Waals surface area contributed by atoms with Gasteiger partial charge in [0.2, 0.25) is 0 Å². The van der Waals surface area contributed by atoms with Gasteiger partial charge in [0, 0.05) is 30.1 Å². The van der Waals surface area contributed by atoms with Gasteiger partial charge in [-0.25, -0.2) is 0 Å². The molecule has 0 amide bonds. The molecule has 0 bridgehead atoms. The Morgan fingerprint density at radius 2 is 1.95 bits per heavy atom. The number of Topliss-reactive ketones (excluding diaryl/α,β-unsaturated/α-hetero) is 1. The van der Waals surface area contributed by atoms with Gasteiger partial charge >= 0.3 is 0 Å². The lowest BCUT2D eigenvalue weighted by molar-refractivity contribution is 0.101. The van der Waals surface area contributed by atoms with Crippen molar-refractivity contribution in [1.29, 1.82) is 5.41 Å². The summed E-state index contributed by atoms with van der Waals surface area (Å²) in [7, 11) is 2.11. The Hall–Kier alpha value is -1.68. The second kappa shape index (κ2) is 5.75. The number of anilines is 1. The first-order valence-electron chi connectivity index (χ1n) is 7.06. The summed E-state index contributed by atoms with van der Waals surface area (Å²) in [5.41, 5.74) is 2.02. The maximum Gasteiger partial charge on any atom is 0.159 e. The van der Waals surface area contributed by atoms with E-state index in [0.717, 1.165) is 31.6 Å². The van der Waals surface area contributed by atoms with Gasteiger partial charge in [-0.1, -0.05) is 12.1 Å². The van der Waals surface area contributed by atoms with Crippen LogP contribution < -0.4 is 5.32 Å². The average Bonchev–Trinajstić information content (AvgIpc) is 2.41. The summed E-state index contributed by atoms with van der Waals surface area (Å²) in [5.74, 6) is 0.0673. The van der Waals surface area contributed by atoms with E-state index in [-0.39, 0.29) is 11.3 Å². The van der Waals surface area contributed by atoms with Crippen LogP contribution in [0.3, 0.4) is 0 Å². The molecule has 1 aromatic carbocycles. The van der Waals surface area contributed by atoms with Crippen LogP contribution in [0.1, 0.15) is 37.0 Å². The third-order valence-corrected chi connectivity index (χ3v) is 4.21. The summed E-state index contributed by atoms with van der Waals surface area (Å²) in [6.45, 7) is 5.41. The van der Waals surface area contributed by atoms with Crippen molar-refractivity contribution in [3.63, 3.8) is 0 Å². The van der Waals surface area contributed by atoms with Gasteiger partial charge in [-0.15, -0.1) is 0 Å². The van der Waals surface area contributed by atoms with E-state index in [1.54, 1.807) is 6.92 Å². The third kappa shape index (κ3) is 3.07. The molecule has 0 atom stereocenters. The predicted molar refractivity (Wildman–Crippen MR) is 82.9 cm³/mol. The lowest BCUT2D eigenvalue weighted by Gasteiger charge is -2.41. The molecule has 0 aromatic heterocycles. The molecular formula is C16H23N3O. The van der Waals surface area contributed by atoms with Gasteiger partial charge in [0.15, 0.2) is 5.78 Å². The second-order valence-electron chi connectivity index (χ2n) is 5.77. The van der Waals surface area contributed by atoms with Crippen LogP contribution >= 0.6 is 0 Å². The molecule has 0 aliphatic carbocycles. The molecule has 4 heteroatoms. The molecule has 1 fully saturated rings. The average molecular weight is 273 g/mol. The van der Waals surface area contributed by atoms with Gasteiger partial charge in [-0.05, 0) is 45.9 Å². The smallest absolute Gasteiger partial charge is 0.159 e. The van der Waals surface area contributed by atoms with Crippen molar-refractivity contribution in [3.05, 3.63) is 29.8 Å². The van der Waals surface area contributed by atoms with Gasteiger partial charge in [-0.3, -0.25) is 4.79 Å². The normalized spacial score (nSPS) is 18.6. The monoisotopic (exact) mass is 273 g/mol. The van der Waals surface area contributed by atoms with Crippen LogP contribution in [-0.4, -0.2) is 42.1 Å². The molecule has 0 radical (unpaired) electrons. The Morgan fingerprint density at radius 3 is 2.50 bits per heavy atom. The van der Waals surface area contributed by atoms with E-state index in [1.165, 1.54) is 0 Å². The Balaban J connectivity index is 2.23. The van der Waals surface area contributed by atoms with Crippen molar-refractivity contribution in [1.82, 2.24) is 4.90 Å². The standard InChI is InChI=1S/C16H23N3O/c1-12(20)14-5-4-6-15(11-14)18-16(13(2)17)7-9-19(3)10-8-16/h4-6,11,17-18H,7-10H2,1-3H3. The van der Waals surface area contributed by atoms with Crippen LogP contribution in [-0.2, 0) is 0 Å². The van der Waals surface area contributed by atoms with Crippen LogP contribution in [0.5, 0.6) is 0 Å². The zero-order valence-corrected chi connectivity index (χ0v) is 12.5. The summed E-state index contributed by atoms with van der Waals surface area (Å²) < 4.78 is 0. The largest absolute Gasteiger partial charge is 0.374 e. The minimum Gasteiger partial charge on any atom is -0.374 e. The van der Waals surface area contributed by atoms with Gasteiger partial charge in [0.25, 0.3) is 0 Å². The molecule has 2 rings (SSSR count). The number of ketones is 1. The summed E-state index contributed by atoms with van der Waals surface area (Å²) in [4.78, 5) is 13.8. The molecule has 0 unspecified atom stereocenters. The van der Waals surface area contributed by atoms with Crippen LogP contribution in [0.4, 0.5) is 5.69 Å². The van der Waals surface area contributed by atoms with Crippen molar-refractivity contribution in [3.8, 4) is 0 Å². The molecular weight excluding hydrogens is 250 g/mol. The van der Waals surface area contributed by atoms with Gasteiger partial charge in [0.1, 0.15) is 0 Å². The number of benzene rings is 1. The minimum absolute atomic E-state index is 0.0673. The zero-order chi connectivity index (χ0) is 14.8. The Labute approximate surface area is 120 Å². The maximum atomic E-state index is 11.5. The quantitative estimate of drug-likeness (QED) is 0.655. The van der Waals surface area contributed by atoms with Gasteiger partial charge < -0.3 is 15.6 Å². The molecule has 1 aliphatic heterocycles. The molecule has 1 aliphatic rings. The molecule has 0 saturated carbocycles. The van der Waals surface area contributed by atoms with Crippen molar-refractivity contribution in [2.75, 3.05) is 25.5 Å². The Kier molecular flexibility index (Phi) is 4.23. The molecule has 1 heterocycles. The van der Waals surface area contributed by atoms with E-state index in [2.05, 4.69) is 17.3 Å². The highest BCUT2D eigenvalue weighted by Gasteiger charge is 2.35. The first kappa shape index (κ1) is 14.7. The van der Waals surface area contributed by atoms with Gasteiger partial charge in [-0.2, -0.15) is 0 Å². The van der Waals surface area contributed by atoms with Gasteiger partial charge in [0.05, 0.1) is 5.54 Å². The fraction of sp³-hybridized carbons (Fsp3) is 0.500. The Bertz CT molecular complexity index is 516. The molecule has 20 heavy (non-hydrogen) atoms. The summed E-state index contributed by atoms with van der Waals surface area (Å²) in [5, 5.41) is 11.6. The van der Waals surface area contributed by atoms with Crippen LogP contribution in [0.25, 0.3) is 0 Å². The Morgan fingerprint density at radius 1 is 1.30 bits per heavy atom. The third-order valence-electron chi connectivity index (χ3n) is 4.21. The van der Waals surface area contributed by atoms with E-state index >= 15 is 0 Å². The fourth-order valence-electron chi connectivity index (χ4n) is 2.69. The van der Waals surface area contributed by atoms with Crippen LogP contribution in [0, 0.1) is 5.41 Å². The number of nitrogens with zero attached hydrogens (tertiary/aromatic N) is 1. The maximum absolute atomic E-state index is 11.5.